The Morgan fingerprint density at radius 1 is 0.839 bits per heavy atom. The van der Waals surface area contributed by atoms with Crippen LogP contribution in [0.1, 0.15) is 126 Å². The molecule has 0 atom stereocenters. The molecule has 0 unspecified atom stereocenters. The van der Waals surface area contributed by atoms with Crippen molar-refractivity contribution < 1.29 is 14.7 Å². The molecule has 0 saturated heterocycles. The molecule has 1 aromatic heterocycles. The van der Waals surface area contributed by atoms with E-state index >= 15 is 0 Å². The zero-order chi connectivity index (χ0) is 22.6. The van der Waals surface area contributed by atoms with E-state index in [2.05, 4.69) is 17.3 Å². The number of carbonyl (C=O) groups is 2. The van der Waals surface area contributed by atoms with Gasteiger partial charge in [0.2, 0.25) is 5.91 Å². The summed E-state index contributed by atoms with van der Waals surface area (Å²) < 4.78 is 1.50. The molecular weight excluding hydrogens is 390 g/mol. The van der Waals surface area contributed by atoms with Crippen LogP contribution >= 0.6 is 0 Å². The van der Waals surface area contributed by atoms with Gasteiger partial charge in [0.25, 0.3) is 0 Å². The number of hydrogen-bond acceptors (Lipinski definition) is 3. The molecule has 0 aromatic carbocycles. The molecule has 0 spiro atoms. The fourth-order valence-electron chi connectivity index (χ4n) is 3.80. The van der Waals surface area contributed by atoms with Crippen molar-refractivity contribution in [1.82, 2.24) is 15.1 Å². The fourth-order valence-corrected chi connectivity index (χ4v) is 3.80. The molecule has 0 aliphatic heterocycles. The first-order valence-electron chi connectivity index (χ1n) is 12.7. The van der Waals surface area contributed by atoms with E-state index in [9.17, 15) is 9.59 Å². The van der Waals surface area contributed by atoms with Crippen LogP contribution in [-0.4, -0.2) is 33.3 Å². The van der Waals surface area contributed by atoms with E-state index in [0.29, 0.717) is 13.0 Å². The van der Waals surface area contributed by atoms with E-state index in [4.69, 9.17) is 5.11 Å². The molecule has 6 heteroatoms. The third-order valence-corrected chi connectivity index (χ3v) is 5.80. The molecule has 1 aromatic rings. The van der Waals surface area contributed by atoms with Crippen LogP contribution in [0.5, 0.6) is 0 Å². The van der Waals surface area contributed by atoms with Crippen molar-refractivity contribution in [2.24, 2.45) is 0 Å². The molecule has 0 aliphatic carbocycles. The molecule has 1 amide bonds. The normalized spacial score (nSPS) is 11.0. The second-order valence-electron chi connectivity index (χ2n) is 8.70. The van der Waals surface area contributed by atoms with Crippen molar-refractivity contribution in [3.8, 4) is 0 Å². The highest BCUT2D eigenvalue weighted by Gasteiger charge is 2.07. The smallest absolute Gasteiger partial charge is 0.338 e. The number of amides is 1. The minimum atomic E-state index is -1.00. The lowest BCUT2D eigenvalue weighted by Crippen LogP contribution is -2.25. The van der Waals surface area contributed by atoms with Gasteiger partial charge in [0.05, 0.1) is 11.8 Å². The molecule has 31 heavy (non-hydrogen) atoms. The lowest BCUT2D eigenvalue weighted by molar-refractivity contribution is -0.121. The van der Waals surface area contributed by atoms with E-state index in [1.165, 1.54) is 113 Å². The average Bonchev–Trinajstić information content (AvgIpc) is 3.24. The highest BCUT2D eigenvalue weighted by molar-refractivity contribution is 5.86. The topological polar surface area (TPSA) is 84.2 Å². The molecule has 0 saturated carbocycles. The number of aryl methyl sites for hydroxylation is 1. The Morgan fingerprint density at radius 3 is 1.77 bits per heavy atom. The standard InChI is InChI=1S/C25H45N3O3/c1-2-3-4-5-6-7-8-9-10-11-12-13-14-15-16-17-19-26-24(29)18-20-28-22-23(21-27-28)25(30)31/h21-22H,2-20H2,1H3,(H,26,29)(H,30,31). The summed E-state index contributed by atoms with van der Waals surface area (Å²) in [6.45, 7) is 3.39. The van der Waals surface area contributed by atoms with Crippen LogP contribution in [0.3, 0.4) is 0 Å². The number of carbonyl (C=O) groups excluding carboxylic acids is 1. The Bertz CT molecular complexity index is 586. The Hall–Kier alpha value is -1.85. The minimum Gasteiger partial charge on any atom is -0.478 e. The number of aromatic carboxylic acids is 1. The number of aromatic nitrogens is 2. The van der Waals surface area contributed by atoms with Gasteiger partial charge < -0.3 is 10.4 Å². The molecule has 0 radical (unpaired) electrons. The summed E-state index contributed by atoms with van der Waals surface area (Å²) in [5.41, 5.74) is 0.147. The number of carboxylic acid groups (broad SMARTS) is 1. The maximum Gasteiger partial charge on any atom is 0.338 e. The van der Waals surface area contributed by atoms with Crippen LogP contribution in [-0.2, 0) is 11.3 Å². The van der Waals surface area contributed by atoms with Gasteiger partial charge >= 0.3 is 5.97 Å². The summed E-state index contributed by atoms with van der Waals surface area (Å²) >= 11 is 0. The number of nitrogens with one attached hydrogen (secondary N) is 1. The van der Waals surface area contributed by atoms with Gasteiger partial charge in [0.1, 0.15) is 0 Å². The number of carboxylic acids is 1. The Labute approximate surface area is 189 Å². The predicted octanol–water partition coefficient (Wildman–Crippen LogP) is 6.35. The van der Waals surface area contributed by atoms with Gasteiger partial charge in [0, 0.05) is 25.7 Å². The van der Waals surface area contributed by atoms with Gasteiger partial charge in [-0.25, -0.2) is 4.79 Å². The fraction of sp³-hybridized carbons (Fsp3) is 0.800. The van der Waals surface area contributed by atoms with Crippen molar-refractivity contribution in [3.05, 3.63) is 18.0 Å². The SMILES string of the molecule is CCCCCCCCCCCCCCCCCCNC(=O)CCn1cc(C(=O)O)cn1. The van der Waals surface area contributed by atoms with E-state index in [1.807, 2.05) is 0 Å². The van der Waals surface area contributed by atoms with Crippen molar-refractivity contribution in [3.63, 3.8) is 0 Å². The van der Waals surface area contributed by atoms with Gasteiger partial charge in [-0.1, -0.05) is 103 Å². The van der Waals surface area contributed by atoms with Gasteiger partial charge in [0.15, 0.2) is 0 Å². The summed E-state index contributed by atoms with van der Waals surface area (Å²) in [5.74, 6) is -1.01. The summed E-state index contributed by atoms with van der Waals surface area (Å²) in [7, 11) is 0. The first-order valence-corrected chi connectivity index (χ1v) is 12.7. The molecule has 0 fully saturated rings. The van der Waals surface area contributed by atoms with Crippen molar-refractivity contribution in [2.45, 2.75) is 123 Å². The average molecular weight is 436 g/mol. The van der Waals surface area contributed by atoms with E-state index in [-0.39, 0.29) is 11.5 Å². The molecule has 178 valence electrons. The first kappa shape index (κ1) is 27.2. The lowest BCUT2D eigenvalue weighted by Gasteiger charge is -2.06. The molecule has 1 heterocycles. The Balaban J connectivity index is 1.80. The zero-order valence-electron chi connectivity index (χ0n) is 19.7. The van der Waals surface area contributed by atoms with E-state index in [0.717, 1.165) is 13.0 Å². The molecule has 0 aliphatic rings. The number of hydrogen-bond donors (Lipinski definition) is 2. The van der Waals surface area contributed by atoms with Gasteiger partial charge in [-0.2, -0.15) is 5.10 Å². The highest BCUT2D eigenvalue weighted by atomic mass is 16.4. The minimum absolute atomic E-state index is 0.00617. The number of rotatable bonds is 21. The second-order valence-corrected chi connectivity index (χ2v) is 8.70. The van der Waals surface area contributed by atoms with Crippen LogP contribution in [0.2, 0.25) is 0 Å². The Kier molecular flexibility index (Phi) is 16.6. The van der Waals surface area contributed by atoms with E-state index in [1.54, 1.807) is 0 Å². The van der Waals surface area contributed by atoms with Crippen LogP contribution in [0.25, 0.3) is 0 Å². The maximum atomic E-state index is 11.8. The quantitative estimate of drug-likeness (QED) is 0.220. The predicted molar refractivity (Wildman–Crippen MR) is 126 cm³/mol. The van der Waals surface area contributed by atoms with Crippen LogP contribution < -0.4 is 5.32 Å². The van der Waals surface area contributed by atoms with Crippen LogP contribution in [0, 0.1) is 0 Å². The third kappa shape index (κ3) is 15.6. The summed E-state index contributed by atoms with van der Waals surface area (Å²) in [6, 6.07) is 0. The number of unbranched alkanes of at least 4 members (excludes halogenated alkanes) is 15. The molecule has 6 nitrogen and oxygen atoms in total. The van der Waals surface area contributed by atoms with Crippen molar-refractivity contribution in [2.75, 3.05) is 6.54 Å². The summed E-state index contributed by atoms with van der Waals surface area (Å²) in [5, 5.41) is 15.7. The second kappa shape index (κ2) is 18.9. The maximum absolute atomic E-state index is 11.8. The highest BCUT2D eigenvalue weighted by Crippen LogP contribution is 2.13. The summed E-state index contributed by atoms with van der Waals surface area (Å²) in [6.07, 6.45) is 24.6. The molecule has 0 bridgehead atoms. The summed E-state index contributed by atoms with van der Waals surface area (Å²) in [4.78, 5) is 22.7. The molecule has 1 rings (SSSR count). The molecular formula is C25H45N3O3. The van der Waals surface area contributed by atoms with Gasteiger partial charge in [-0.3, -0.25) is 9.48 Å². The van der Waals surface area contributed by atoms with Gasteiger partial charge in [-0.15, -0.1) is 0 Å². The van der Waals surface area contributed by atoms with Crippen LogP contribution in [0.4, 0.5) is 0 Å². The zero-order valence-corrected chi connectivity index (χ0v) is 19.7. The largest absolute Gasteiger partial charge is 0.478 e. The monoisotopic (exact) mass is 435 g/mol. The van der Waals surface area contributed by atoms with Crippen molar-refractivity contribution in [1.29, 1.82) is 0 Å². The van der Waals surface area contributed by atoms with E-state index < -0.39 is 5.97 Å². The van der Waals surface area contributed by atoms with Gasteiger partial charge in [-0.05, 0) is 6.42 Å². The van der Waals surface area contributed by atoms with Crippen LogP contribution in [0.15, 0.2) is 12.4 Å². The molecule has 2 N–H and O–H groups in total. The number of nitrogens with zero attached hydrogens (tertiary/aromatic N) is 2. The lowest BCUT2D eigenvalue weighted by atomic mass is 10.0. The Morgan fingerprint density at radius 2 is 1.32 bits per heavy atom. The first-order chi connectivity index (χ1) is 15.1. The third-order valence-electron chi connectivity index (χ3n) is 5.80. The van der Waals surface area contributed by atoms with Crippen molar-refractivity contribution >= 4 is 11.9 Å².